The van der Waals surface area contributed by atoms with Crippen LogP contribution in [0.4, 0.5) is 0 Å². The van der Waals surface area contributed by atoms with Crippen molar-refractivity contribution in [1.29, 1.82) is 5.26 Å². The van der Waals surface area contributed by atoms with Gasteiger partial charge in [-0.2, -0.15) is 5.26 Å². The summed E-state index contributed by atoms with van der Waals surface area (Å²) in [7, 11) is -3.77. The maximum Gasteiger partial charge on any atom is 0.242 e. The molecule has 1 aromatic rings. The van der Waals surface area contributed by atoms with Crippen molar-refractivity contribution >= 4 is 37.6 Å². The molecule has 1 rings (SSSR count). The van der Waals surface area contributed by atoms with Crippen LogP contribution in [0.2, 0.25) is 5.02 Å². The van der Waals surface area contributed by atoms with Crippen molar-refractivity contribution < 1.29 is 8.42 Å². The number of rotatable bonds is 4. The molecule has 0 bridgehead atoms. The lowest BCUT2D eigenvalue weighted by atomic mass is 10.2. The third kappa shape index (κ3) is 3.82. The average Bonchev–Trinajstić information content (AvgIpc) is 2.26. The van der Waals surface area contributed by atoms with Gasteiger partial charge in [0.1, 0.15) is 11.0 Å². The summed E-state index contributed by atoms with van der Waals surface area (Å²) in [6.07, 6.45) is 0. The summed E-state index contributed by atoms with van der Waals surface area (Å²) in [6, 6.07) is 5.86. The number of benzene rings is 1. The normalized spacial score (nSPS) is 10.9. The molecule has 0 aromatic heterocycles. The van der Waals surface area contributed by atoms with Gasteiger partial charge >= 0.3 is 0 Å². The quantitative estimate of drug-likeness (QED) is 0.918. The number of nitrogens with zero attached hydrogens (tertiary/aromatic N) is 1. The van der Waals surface area contributed by atoms with Gasteiger partial charge in [0.15, 0.2) is 0 Å². The summed E-state index contributed by atoms with van der Waals surface area (Å²) >= 11 is 8.75. The fourth-order valence-electron chi connectivity index (χ4n) is 1.06. The smallest absolute Gasteiger partial charge is 0.207 e. The van der Waals surface area contributed by atoms with Gasteiger partial charge in [-0.25, -0.2) is 13.1 Å². The Bertz CT molecular complexity index is 593. The number of nitrogens with one attached hydrogen (secondary N) is 1. The highest BCUT2D eigenvalue weighted by Gasteiger charge is 2.18. The Kier molecular flexibility index (Phi) is 4.71. The maximum absolute atomic E-state index is 11.9. The molecule has 4 nitrogen and oxygen atoms in total. The average molecular weight is 336 g/mol. The molecule has 90 valence electrons. The molecule has 0 fully saturated rings. The minimum atomic E-state index is -3.77. The van der Waals surface area contributed by atoms with Crippen molar-refractivity contribution in [2.75, 3.05) is 6.54 Å². The molecule has 0 spiro atoms. The molecule has 0 amide bonds. The largest absolute Gasteiger partial charge is 0.242 e. The second-order valence-corrected chi connectivity index (χ2v) is 6.39. The van der Waals surface area contributed by atoms with Crippen LogP contribution in [0.5, 0.6) is 0 Å². The number of hydrogen-bond donors (Lipinski definition) is 1. The van der Waals surface area contributed by atoms with Crippen LogP contribution >= 0.6 is 27.5 Å². The predicted octanol–water partition coefficient (Wildman–Crippen LogP) is 2.40. The van der Waals surface area contributed by atoms with Crippen LogP contribution in [-0.2, 0) is 10.0 Å². The molecule has 0 atom stereocenters. The molecular weight excluding hydrogens is 328 g/mol. The zero-order chi connectivity index (χ0) is 13.1. The first kappa shape index (κ1) is 14.2. The zero-order valence-corrected chi connectivity index (χ0v) is 11.7. The molecule has 0 unspecified atom stereocenters. The summed E-state index contributed by atoms with van der Waals surface area (Å²) in [6.45, 7) is 3.55. The Morgan fingerprint density at radius 3 is 2.76 bits per heavy atom. The zero-order valence-electron chi connectivity index (χ0n) is 8.57. The van der Waals surface area contributed by atoms with E-state index in [1.807, 2.05) is 0 Å². The number of nitriles is 1. The first-order valence-electron chi connectivity index (χ1n) is 4.39. The summed E-state index contributed by atoms with van der Waals surface area (Å²) < 4.78 is 26.6. The highest BCUT2D eigenvalue weighted by Crippen LogP contribution is 2.20. The molecular formula is C10H8BrClN2O2S. The van der Waals surface area contributed by atoms with E-state index in [-0.39, 0.29) is 22.0 Å². The number of halogens is 2. The van der Waals surface area contributed by atoms with Gasteiger partial charge in [-0.3, -0.25) is 0 Å². The van der Waals surface area contributed by atoms with Gasteiger partial charge in [0.25, 0.3) is 0 Å². The van der Waals surface area contributed by atoms with E-state index >= 15 is 0 Å². The highest BCUT2D eigenvalue weighted by molar-refractivity contribution is 9.11. The lowest BCUT2D eigenvalue weighted by Crippen LogP contribution is -2.25. The molecule has 1 aromatic carbocycles. The third-order valence-electron chi connectivity index (χ3n) is 1.81. The summed E-state index contributed by atoms with van der Waals surface area (Å²) in [5, 5.41) is 9.09. The minimum Gasteiger partial charge on any atom is -0.207 e. The van der Waals surface area contributed by atoms with E-state index in [2.05, 4.69) is 27.2 Å². The first-order valence-corrected chi connectivity index (χ1v) is 7.05. The minimum absolute atomic E-state index is 0.0414. The number of sulfonamides is 1. The summed E-state index contributed by atoms with van der Waals surface area (Å²) in [5.41, 5.74) is 0.0436. The van der Waals surface area contributed by atoms with E-state index in [0.29, 0.717) is 4.48 Å². The second kappa shape index (κ2) is 5.65. The van der Waals surface area contributed by atoms with Crippen LogP contribution < -0.4 is 4.72 Å². The molecule has 17 heavy (non-hydrogen) atoms. The monoisotopic (exact) mass is 334 g/mol. The van der Waals surface area contributed by atoms with E-state index in [4.69, 9.17) is 16.9 Å². The topological polar surface area (TPSA) is 70.0 Å². The highest BCUT2D eigenvalue weighted by atomic mass is 79.9. The van der Waals surface area contributed by atoms with E-state index in [1.165, 1.54) is 18.2 Å². The van der Waals surface area contributed by atoms with Crippen molar-refractivity contribution in [3.63, 3.8) is 0 Å². The number of hydrogen-bond acceptors (Lipinski definition) is 3. The van der Waals surface area contributed by atoms with E-state index in [9.17, 15) is 8.42 Å². The molecule has 7 heteroatoms. The molecule has 0 aliphatic heterocycles. The Morgan fingerprint density at radius 1 is 1.59 bits per heavy atom. The van der Waals surface area contributed by atoms with Gasteiger partial charge in [-0.05, 0) is 18.2 Å². The third-order valence-corrected chi connectivity index (χ3v) is 3.76. The van der Waals surface area contributed by atoms with Crippen molar-refractivity contribution in [1.82, 2.24) is 4.72 Å². The van der Waals surface area contributed by atoms with Crippen LogP contribution in [0.15, 0.2) is 34.2 Å². The van der Waals surface area contributed by atoms with Crippen molar-refractivity contribution in [3.8, 4) is 6.07 Å². The standard InChI is InChI=1S/C10H8BrClN2O2S/c1-7(11)6-14-17(15,16)10-4-9(12)3-2-8(10)5-13/h2-4,14H,1,6H2. The fourth-order valence-corrected chi connectivity index (χ4v) is 2.83. The molecule has 0 aliphatic rings. The van der Waals surface area contributed by atoms with Crippen molar-refractivity contribution in [3.05, 3.63) is 39.8 Å². The van der Waals surface area contributed by atoms with Gasteiger partial charge in [0.05, 0.1) is 5.56 Å². The first-order chi connectivity index (χ1) is 7.86. The Hall–Kier alpha value is -0.870. The van der Waals surface area contributed by atoms with Gasteiger partial charge < -0.3 is 0 Å². The van der Waals surface area contributed by atoms with E-state index in [0.717, 1.165) is 0 Å². The Labute approximate surface area is 113 Å². The Balaban J connectivity index is 3.19. The van der Waals surface area contributed by atoms with Crippen LogP contribution in [0, 0.1) is 11.3 Å². The van der Waals surface area contributed by atoms with Gasteiger partial charge in [-0.15, -0.1) is 0 Å². The van der Waals surface area contributed by atoms with Gasteiger partial charge in [0, 0.05) is 16.0 Å². The molecule has 0 saturated carbocycles. The van der Waals surface area contributed by atoms with Crippen LogP contribution in [0.25, 0.3) is 0 Å². The predicted molar refractivity (Wildman–Crippen MR) is 69.4 cm³/mol. The lowest BCUT2D eigenvalue weighted by Gasteiger charge is -2.07. The van der Waals surface area contributed by atoms with Crippen molar-refractivity contribution in [2.45, 2.75) is 4.90 Å². The Morgan fingerprint density at radius 2 is 2.24 bits per heavy atom. The van der Waals surface area contributed by atoms with Crippen LogP contribution in [0.3, 0.4) is 0 Å². The molecule has 0 aliphatic carbocycles. The molecule has 0 radical (unpaired) electrons. The van der Waals surface area contributed by atoms with E-state index < -0.39 is 10.0 Å². The molecule has 1 N–H and O–H groups in total. The molecule has 0 saturated heterocycles. The van der Waals surface area contributed by atoms with E-state index in [1.54, 1.807) is 6.07 Å². The summed E-state index contributed by atoms with van der Waals surface area (Å²) in [4.78, 5) is -0.138. The second-order valence-electron chi connectivity index (χ2n) is 3.09. The van der Waals surface area contributed by atoms with Crippen LogP contribution in [-0.4, -0.2) is 15.0 Å². The SMILES string of the molecule is C=C(Br)CNS(=O)(=O)c1cc(Cl)ccc1C#N. The molecule has 0 heterocycles. The summed E-state index contributed by atoms with van der Waals surface area (Å²) in [5.74, 6) is 0. The maximum atomic E-state index is 11.9. The van der Waals surface area contributed by atoms with Gasteiger partial charge in [-0.1, -0.05) is 34.1 Å². The van der Waals surface area contributed by atoms with Gasteiger partial charge in [0.2, 0.25) is 10.0 Å². The fraction of sp³-hybridized carbons (Fsp3) is 0.100. The van der Waals surface area contributed by atoms with Crippen LogP contribution in [0.1, 0.15) is 5.56 Å². The lowest BCUT2D eigenvalue weighted by molar-refractivity contribution is 0.585. The van der Waals surface area contributed by atoms with Crippen molar-refractivity contribution in [2.24, 2.45) is 0 Å².